The van der Waals surface area contributed by atoms with E-state index in [2.05, 4.69) is 22.5 Å². The normalized spacial score (nSPS) is 11.9. The van der Waals surface area contributed by atoms with Gasteiger partial charge in [-0.3, -0.25) is 4.79 Å². The molecule has 0 bridgehead atoms. The molecule has 4 rings (SSSR count). The van der Waals surface area contributed by atoms with Crippen LogP contribution in [0.5, 0.6) is 0 Å². The van der Waals surface area contributed by atoms with Gasteiger partial charge in [0.1, 0.15) is 0 Å². The molecule has 0 radical (unpaired) electrons. The first-order valence-electron chi connectivity index (χ1n) is 11.7. The number of benzene rings is 3. The van der Waals surface area contributed by atoms with Gasteiger partial charge in [0.15, 0.2) is 5.69 Å². The number of carbonyl (C=O) groups is 2. The number of carbonyl (C=O) groups excluding carboxylic acids is 2. The second-order valence-corrected chi connectivity index (χ2v) is 8.19. The molecule has 0 unspecified atom stereocenters. The Morgan fingerprint density at radius 3 is 2.40 bits per heavy atom. The second kappa shape index (κ2) is 11.0. The molecular formula is C28H29N3O4. The van der Waals surface area contributed by atoms with Crippen LogP contribution in [0.3, 0.4) is 0 Å². The zero-order valence-electron chi connectivity index (χ0n) is 20.2. The van der Waals surface area contributed by atoms with Crippen molar-refractivity contribution in [3.8, 4) is 16.9 Å². The third kappa shape index (κ3) is 5.41. The monoisotopic (exact) mass is 471 g/mol. The van der Waals surface area contributed by atoms with E-state index in [-0.39, 0.29) is 24.2 Å². The number of nitrogens with one attached hydrogen (secondary N) is 1. The van der Waals surface area contributed by atoms with Crippen LogP contribution in [0.4, 0.5) is 0 Å². The Bertz CT molecular complexity index is 1330. The summed E-state index contributed by atoms with van der Waals surface area (Å²) in [6.45, 7) is 4.49. The second-order valence-electron chi connectivity index (χ2n) is 8.19. The standard InChI is InChI=1S/C28H29N3O4/c1-4-23(18-34-3)29-27(32)20-12-14-24(15-13-20)31-26(17-25(30-31)28(33)35-5-2)22-11-10-19-8-6-7-9-21(19)16-22/h6-17,23H,4-5,18H2,1-3H3,(H,29,32)/t23-/m0/s1. The van der Waals surface area contributed by atoms with Gasteiger partial charge in [-0.15, -0.1) is 0 Å². The SMILES string of the molecule is CCOC(=O)c1cc(-c2ccc3ccccc3c2)n(-c2ccc(C(=O)N[C@@H](CC)COC)cc2)n1. The Morgan fingerprint density at radius 2 is 1.71 bits per heavy atom. The maximum Gasteiger partial charge on any atom is 0.358 e. The quantitative estimate of drug-likeness (QED) is 0.347. The van der Waals surface area contributed by atoms with Crippen molar-refractivity contribution in [3.05, 3.63) is 84.1 Å². The highest BCUT2D eigenvalue weighted by molar-refractivity contribution is 5.95. The number of hydrogen-bond acceptors (Lipinski definition) is 5. The molecule has 0 saturated heterocycles. The summed E-state index contributed by atoms with van der Waals surface area (Å²) >= 11 is 0. The van der Waals surface area contributed by atoms with Gasteiger partial charge in [-0.2, -0.15) is 5.10 Å². The summed E-state index contributed by atoms with van der Waals surface area (Å²) in [6, 6.07) is 23.0. The maximum absolute atomic E-state index is 12.7. The lowest BCUT2D eigenvalue weighted by atomic mass is 10.0. The Kier molecular flexibility index (Phi) is 7.57. The molecule has 1 atom stereocenters. The number of hydrogen-bond donors (Lipinski definition) is 1. The summed E-state index contributed by atoms with van der Waals surface area (Å²) in [7, 11) is 1.62. The van der Waals surface area contributed by atoms with Crippen molar-refractivity contribution in [1.29, 1.82) is 0 Å². The van der Waals surface area contributed by atoms with Crippen molar-refractivity contribution in [2.45, 2.75) is 26.3 Å². The van der Waals surface area contributed by atoms with Gasteiger partial charge in [-0.25, -0.2) is 9.48 Å². The van der Waals surface area contributed by atoms with Crippen LogP contribution in [0, 0.1) is 0 Å². The van der Waals surface area contributed by atoms with Crippen LogP contribution >= 0.6 is 0 Å². The molecule has 0 spiro atoms. The van der Waals surface area contributed by atoms with Crippen LogP contribution in [0.25, 0.3) is 27.7 Å². The highest BCUT2D eigenvalue weighted by Crippen LogP contribution is 2.28. The summed E-state index contributed by atoms with van der Waals surface area (Å²) in [5.41, 5.74) is 3.15. The maximum atomic E-state index is 12.7. The van der Waals surface area contributed by atoms with Gasteiger partial charge in [-0.05, 0) is 60.5 Å². The van der Waals surface area contributed by atoms with Crippen molar-refractivity contribution < 1.29 is 19.1 Å². The molecular weight excluding hydrogens is 442 g/mol. The summed E-state index contributed by atoms with van der Waals surface area (Å²) < 4.78 is 12.0. The number of aromatic nitrogens is 2. The van der Waals surface area contributed by atoms with E-state index in [1.54, 1.807) is 36.9 Å². The first-order chi connectivity index (χ1) is 17.0. The molecule has 0 aliphatic heterocycles. The fourth-order valence-corrected chi connectivity index (χ4v) is 3.92. The highest BCUT2D eigenvalue weighted by Gasteiger charge is 2.19. The number of nitrogens with zero attached hydrogens (tertiary/aromatic N) is 2. The molecule has 1 heterocycles. The molecule has 1 amide bonds. The minimum absolute atomic E-state index is 0.0510. The highest BCUT2D eigenvalue weighted by atomic mass is 16.5. The Morgan fingerprint density at radius 1 is 0.971 bits per heavy atom. The molecule has 1 N–H and O–H groups in total. The van der Waals surface area contributed by atoms with Crippen LogP contribution < -0.4 is 5.32 Å². The van der Waals surface area contributed by atoms with E-state index < -0.39 is 5.97 Å². The molecule has 7 nitrogen and oxygen atoms in total. The smallest absolute Gasteiger partial charge is 0.358 e. The van der Waals surface area contributed by atoms with E-state index in [0.717, 1.165) is 34.1 Å². The van der Waals surface area contributed by atoms with Gasteiger partial charge >= 0.3 is 5.97 Å². The summed E-state index contributed by atoms with van der Waals surface area (Å²) in [5.74, 6) is -0.643. The van der Waals surface area contributed by atoms with Gasteiger partial charge in [0.05, 0.1) is 30.6 Å². The van der Waals surface area contributed by atoms with E-state index in [0.29, 0.717) is 12.2 Å². The summed E-state index contributed by atoms with van der Waals surface area (Å²) in [5, 5.41) is 9.74. The largest absolute Gasteiger partial charge is 0.461 e. The molecule has 0 saturated carbocycles. The van der Waals surface area contributed by atoms with Gasteiger partial charge in [-0.1, -0.05) is 43.3 Å². The topological polar surface area (TPSA) is 82.5 Å². The summed E-state index contributed by atoms with van der Waals surface area (Å²) in [6.07, 6.45) is 0.775. The minimum Gasteiger partial charge on any atom is -0.461 e. The third-order valence-electron chi connectivity index (χ3n) is 5.81. The number of rotatable bonds is 9. The number of esters is 1. The fraction of sp³-hybridized carbons (Fsp3) is 0.250. The van der Waals surface area contributed by atoms with E-state index in [9.17, 15) is 9.59 Å². The average molecular weight is 472 g/mol. The average Bonchev–Trinajstić information content (AvgIpc) is 3.34. The van der Waals surface area contributed by atoms with Crippen LogP contribution in [-0.2, 0) is 9.47 Å². The number of fused-ring (bicyclic) bond motifs is 1. The molecule has 0 aliphatic carbocycles. The van der Waals surface area contributed by atoms with Gasteiger partial charge < -0.3 is 14.8 Å². The van der Waals surface area contributed by atoms with Gasteiger partial charge in [0.25, 0.3) is 5.91 Å². The molecule has 0 aliphatic rings. The van der Waals surface area contributed by atoms with E-state index in [1.165, 1.54) is 0 Å². The van der Waals surface area contributed by atoms with Crippen molar-refractivity contribution in [2.24, 2.45) is 0 Å². The predicted molar refractivity (Wildman–Crippen MR) is 136 cm³/mol. The molecule has 7 heteroatoms. The van der Waals surface area contributed by atoms with E-state index in [4.69, 9.17) is 9.47 Å². The van der Waals surface area contributed by atoms with Crippen LogP contribution in [0.2, 0.25) is 0 Å². The zero-order valence-corrected chi connectivity index (χ0v) is 20.2. The number of methoxy groups -OCH3 is 1. The van der Waals surface area contributed by atoms with E-state index >= 15 is 0 Å². The molecule has 0 fully saturated rings. The van der Waals surface area contributed by atoms with Crippen LogP contribution in [0.15, 0.2) is 72.8 Å². The molecule has 4 aromatic rings. The predicted octanol–water partition coefficient (Wildman–Crippen LogP) is 5.02. The number of amides is 1. The van der Waals surface area contributed by atoms with Crippen molar-refractivity contribution >= 4 is 22.6 Å². The Labute approximate surface area is 204 Å². The first-order valence-corrected chi connectivity index (χ1v) is 11.7. The lowest BCUT2D eigenvalue weighted by Crippen LogP contribution is -2.37. The molecule has 1 aromatic heterocycles. The Hall–Kier alpha value is -3.97. The van der Waals surface area contributed by atoms with Crippen LogP contribution in [0.1, 0.15) is 41.1 Å². The van der Waals surface area contributed by atoms with Crippen molar-refractivity contribution in [2.75, 3.05) is 20.3 Å². The Balaban J connectivity index is 1.70. The lowest BCUT2D eigenvalue weighted by Gasteiger charge is -2.16. The lowest BCUT2D eigenvalue weighted by molar-refractivity contribution is 0.0518. The van der Waals surface area contributed by atoms with Gasteiger partial charge in [0.2, 0.25) is 0 Å². The van der Waals surface area contributed by atoms with Gasteiger partial charge in [0, 0.05) is 18.2 Å². The minimum atomic E-state index is -0.479. The van der Waals surface area contributed by atoms with Crippen molar-refractivity contribution in [1.82, 2.24) is 15.1 Å². The molecule has 35 heavy (non-hydrogen) atoms. The van der Waals surface area contributed by atoms with Crippen molar-refractivity contribution in [3.63, 3.8) is 0 Å². The number of ether oxygens (including phenoxy) is 2. The molecule has 3 aromatic carbocycles. The fourth-order valence-electron chi connectivity index (χ4n) is 3.92. The zero-order chi connectivity index (χ0) is 24.8. The van der Waals surface area contributed by atoms with Crippen LogP contribution in [-0.4, -0.2) is 48.0 Å². The summed E-state index contributed by atoms with van der Waals surface area (Å²) in [4.78, 5) is 25.1. The van der Waals surface area contributed by atoms with E-state index in [1.807, 2.05) is 49.4 Å². The first kappa shape index (κ1) is 24.2. The molecule has 180 valence electrons. The third-order valence-corrected chi connectivity index (χ3v) is 5.81.